The van der Waals surface area contributed by atoms with Crippen LogP contribution in [0.4, 0.5) is 10.2 Å². The van der Waals surface area contributed by atoms with Gasteiger partial charge in [0.15, 0.2) is 5.16 Å². The molecule has 2 aromatic carbocycles. The van der Waals surface area contributed by atoms with Gasteiger partial charge in [0, 0.05) is 12.3 Å². The van der Waals surface area contributed by atoms with Crippen LogP contribution in [0.15, 0.2) is 64.8 Å². The number of nitrogens with two attached hydrogens (primary N) is 1. The Labute approximate surface area is 171 Å². The van der Waals surface area contributed by atoms with Crippen molar-refractivity contribution in [2.45, 2.75) is 22.5 Å². The lowest BCUT2D eigenvalue weighted by molar-refractivity contribution is 0.0997. The summed E-state index contributed by atoms with van der Waals surface area (Å²) in [6.07, 6.45) is 1.87. The monoisotopic (exact) mass is 414 g/mol. The molecule has 5 nitrogen and oxygen atoms in total. The van der Waals surface area contributed by atoms with Crippen LogP contribution in [0.1, 0.15) is 21.5 Å². The van der Waals surface area contributed by atoms with E-state index in [2.05, 4.69) is 15.3 Å². The van der Waals surface area contributed by atoms with Gasteiger partial charge < -0.3 is 11.1 Å². The summed E-state index contributed by atoms with van der Waals surface area (Å²) < 4.78 is 13.1. The number of carbonyl (C=O) groups is 1. The van der Waals surface area contributed by atoms with Gasteiger partial charge in [0.25, 0.3) is 5.91 Å². The number of nitrogens with zero attached hydrogens (tertiary/aromatic N) is 2. The molecule has 0 unspecified atom stereocenters. The van der Waals surface area contributed by atoms with E-state index in [1.807, 2.05) is 36.6 Å². The van der Waals surface area contributed by atoms with Gasteiger partial charge in [-0.2, -0.15) is 0 Å². The van der Waals surface area contributed by atoms with E-state index in [-0.39, 0.29) is 11.4 Å². The van der Waals surface area contributed by atoms with Crippen LogP contribution in [0.3, 0.4) is 0 Å². The molecule has 0 radical (unpaired) electrons. The number of carbonyl (C=O) groups excluding carboxylic acids is 1. The maximum Gasteiger partial charge on any atom is 0.255 e. The third-order valence-electron chi connectivity index (χ3n) is 3.88. The molecule has 0 fully saturated rings. The van der Waals surface area contributed by atoms with Crippen LogP contribution in [0.5, 0.6) is 0 Å². The van der Waals surface area contributed by atoms with Crippen molar-refractivity contribution in [2.75, 3.05) is 11.6 Å². The second kappa shape index (κ2) is 9.57. The van der Waals surface area contributed by atoms with Crippen molar-refractivity contribution in [3.63, 3.8) is 0 Å². The van der Waals surface area contributed by atoms with Crippen molar-refractivity contribution in [1.82, 2.24) is 9.97 Å². The summed E-state index contributed by atoms with van der Waals surface area (Å²) in [6, 6.07) is 16.0. The zero-order valence-electron chi connectivity index (χ0n) is 15.2. The molecule has 0 aliphatic heterocycles. The minimum absolute atomic E-state index is 0.265. The van der Waals surface area contributed by atoms with Crippen molar-refractivity contribution in [1.29, 1.82) is 0 Å². The number of aromatic nitrogens is 2. The quantitative estimate of drug-likeness (QED) is 0.324. The fraction of sp³-hybridized carbons (Fsp3) is 0.150. The second-order valence-electron chi connectivity index (χ2n) is 5.86. The molecular weight excluding hydrogens is 395 g/mol. The Morgan fingerprint density at radius 1 is 1.07 bits per heavy atom. The standard InChI is InChI=1S/C20H19FN4OS2/c1-27-20-24-18(23-11-13-7-9-15(21)10-8-13)16(17(22)26)19(25-20)28-12-14-5-3-2-4-6-14/h2-10H,11-12H2,1H3,(H2,22,26)(H,23,24,25). The van der Waals surface area contributed by atoms with E-state index in [9.17, 15) is 9.18 Å². The smallest absolute Gasteiger partial charge is 0.255 e. The van der Waals surface area contributed by atoms with Crippen LogP contribution in [0.2, 0.25) is 0 Å². The number of rotatable bonds is 8. The van der Waals surface area contributed by atoms with E-state index in [4.69, 9.17) is 5.73 Å². The maximum atomic E-state index is 13.1. The number of halogens is 1. The Hall–Kier alpha value is -2.58. The summed E-state index contributed by atoms with van der Waals surface area (Å²) in [7, 11) is 0. The molecule has 144 valence electrons. The Bertz CT molecular complexity index is 952. The SMILES string of the molecule is CSc1nc(NCc2ccc(F)cc2)c(C(N)=O)c(SCc2ccccc2)n1. The van der Waals surface area contributed by atoms with Crippen molar-refractivity contribution < 1.29 is 9.18 Å². The van der Waals surface area contributed by atoms with Gasteiger partial charge in [0.05, 0.1) is 0 Å². The fourth-order valence-corrected chi connectivity index (χ4v) is 3.89. The number of benzene rings is 2. The first kappa shape index (κ1) is 20.2. The highest BCUT2D eigenvalue weighted by atomic mass is 32.2. The first-order chi connectivity index (χ1) is 13.6. The largest absolute Gasteiger partial charge is 0.365 e. The normalized spacial score (nSPS) is 10.6. The Kier molecular flexibility index (Phi) is 6.89. The van der Waals surface area contributed by atoms with E-state index in [0.29, 0.717) is 28.3 Å². The molecule has 0 saturated heterocycles. The molecule has 28 heavy (non-hydrogen) atoms. The predicted octanol–water partition coefficient (Wildman–Crippen LogP) is 4.34. The van der Waals surface area contributed by atoms with Gasteiger partial charge in [-0.3, -0.25) is 4.79 Å². The molecule has 0 saturated carbocycles. The summed E-state index contributed by atoms with van der Waals surface area (Å²) >= 11 is 2.83. The van der Waals surface area contributed by atoms with Crippen LogP contribution >= 0.6 is 23.5 Å². The second-order valence-corrected chi connectivity index (χ2v) is 7.60. The average Bonchev–Trinajstić information content (AvgIpc) is 2.71. The first-order valence-corrected chi connectivity index (χ1v) is 10.7. The molecule has 1 amide bonds. The van der Waals surface area contributed by atoms with Gasteiger partial charge >= 0.3 is 0 Å². The molecular formula is C20H19FN4OS2. The number of amides is 1. The maximum absolute atomic E-state index is 13.1. The van der Waals surface area contributed by atoms with Gasteiger partial charge in [-0.15, -0.1) is 11.8 Å². The van der Waals surface area contributed by atoms with Gasteiger partial charge in [0.1, 0.15) is 22.2 Å². The van der Waals surface area contributed by atoms with Crippen molar-refractivity contribution >= 4 is 35.2 Å². The van der Waals surface area contributed by atoms with Gasteiger partial charge in [-0.25, -0.2) is 14.4 Å². The highest BCUT2D eigenvalue weighted by Crippen LogP contribution is 2.30. The lowest BCUT2D eigenvalue weighted by Gasteiger charge is -2.14. The van der Waals surface area contributed by atoms with E-state index in [1.54, 1.807) is 12.1 Å². The molecule has 0 atom stereocenters. The summed E-state index contributed by atoms with van der Waals surface area (Å²) in [5, 5.41) is 4.23. The van der Waals surface area contributed by atoms with Gasteiger partial charge in [-0.1, -0.05) is 54.2 Å². The van der Waals surface area contributed by atoms with Crippen LogP contribution in [0.25, 0.3) is 0 Å². The molecule has 1 heterocycles. The average molecular weight is 415 g/mol. The zero-order chi connectivity index (χ0) is 19.9. The topological polar surface area (TPSA) is 80.9 Å². The predicted molar refractivity (Wildman–Crippen MR) is 112 cm³/mol. The first-order valence-electron chi connectivity index (χ1n) is 8.47. The highest BCUT2D eigenvalue weighted by molar-refractivity contribution is 7.99. The summed E-state index contributed by atoms with van der Waals surface area (Å²) in [5.74, 6) is 0.146. The van der Waals surface area contributed by atoms with E-state index in [1.165, 1.54) is 35.7 Å². The third kappa shape index (κ3) is 5.24. The van der Waals surface area contributed by atoms with Crippen molar-refractivity contribution in [3.05, 3.63) is 77.1 Å². The fourth-order valence-electron chi connectivity index (χ4n) is 2.48. The molecule has 0 aliphatic carbocycles. The lowest BCUT2D eigenvalue weighted by atomic mass is 10.2. The number of nitrogens with one attached hydrogen (secondary N) is 1. The third-order valence-corrected chi connectivity index (χ3v) is 5.47. The van der Waals surface area contributed by atoms with Crippen molar-refractivity contribution in [3.8, 4) is 0 Å². The molecule has 3 rings (SSSR count). The van der Waals surface area contributed by atoms with Gasteiger partial charge in [0.2, 0.25) is 0 Å². The summed E-state index contributed by atoms with van der Waals surface area (Å²) in [4.78, 5) is 21.0. The number of hydrogen-bond donors (Lipinski definition) is 2. The Morgan fingerprint density at radius 3 is 2.43 bits per heavy atom. The molecule has 0 aliphatic rings. The van der Waals surface area contributed by atoms with E-state index in [0.717, 1.165) is 11.1 Å². The molecule has 8 heteroatoms. The van der Waals surface area contributed by atoms with Gasteiger partial charge in [-0.05, 0) is 29.5 Å². The minimum atomic E-state index is -0.593. The van der Waals surface area contributed by atoms with Crippen LogP contribution in [0, 0.1) is 5.82 Å². The van der Waals surface area contributed by atoms with Crippen molar-refractivity contribution in [2.24, 2.45) is 5.73 Å². The minimum Gasteiger partial charge on any atom is -0.365 e. The number of hydrogen-bond acceptors (Lipinski definition) is 6. The van der Waals surface area contributed by atoms with E-state index >= 15 is 0 Å². The van der Waals surface area contributed by atoms with Crippen LogP contribution in [-0.4, -0.2) is 22.1 Å². The zero-order valence-corrected chi connectivity index (χ0v) is 16.8. The molecule has 0 spiro atoms. The summed E-state index contributed by atoms with van der Waals surface area (Å²) in [5.41, 5.74) is 7.88. The number of thioether (sulfide) groups is 2. The Balaban J connectivity index is 1.87. The summed E-state index contributed by atoms with van der Waals surface area (Å²) in [6.45, 7) is 0.383. The lowest BCUT2D eigenvalue weighted by Crippen LogP contribution is -2.18. The molecule has 0 bridgehead atoms. The van der Waals surface area contributed by atoms with E-state index < -0.39 is 5.91 Å². The Morgan fingerprint density at radius 2 is 1.79 bits per heavy atom. The number of primary amides is 1. The molecule has 3 aromatic rings. The van der Waals surface area contributed by atoms with Crippen LogP contribution in [-0.2, 0) is 12.3 Å². The molecule has 3 N–H and O–H groups in total. The number of anilines is 1. The van der Waals surface area contributed by atoms with Crippen LogP contribution < -0.4 is 11.1 Å². The highest BCUT2D eigenvalue weighted by Gasteiger charge is 2.19. The molecule has 1 aromatic heterocycles.